The van der Waals surface area contributed by atoms with Gasteiger partial charge in [0.1, 0.15) is 0 Å². The maximum absolute atomic E-state index is 6.32. The average molecular weight is 250 g/mol. The highest BCUT2D eigenvalue weighted by molar-refractivity contribution is 5.86. The van der Waals surface area contributed by atoms with E-state index in [9.17, 15) is 0 Å². The first-order chi connectivity index (χ1) is 7.74. The predicted molar refractivity (Wildman–Crippen MR) is 77.6 cm³/mol. The van der Waals surface area contributed by atoms with Crippen LogP contribution in [0.15, 0.2) is 42.5 Å². The van der Waals surface area contributed by atoms with Gasteiger partial charge >= 0.3 is 0 Å². The van der Waals surface area contributed by atoms with E-state index >= 15 is 0 Å². The molecule has 92 valence electrons. The normalized spacial score (nSPS) is 14.1. The van der Waals surface area contributed by atoms with Crippen molar-refractivity contribution < 1.29 is 0 Å². The minimum atomic E-state index is 0. The predicted octanol–water partition coefficient (Wildman–Crippen LogP) is 4.31. The zero-order valence-electron chi connectivity index (χ0n) is 10.4. The van der Waals surface area contributed by atoms with Crippen molar-refractivity contribution in [3.63, 3.8) is 0 Å². The first kappa shape index (κ1) is 14.0. The number of halogens is 1. The summed E-state index contributed by atoms with van der Waals surface area (Å²) in [7, 11) is 0. The van der Waals surface area contributed by atoms with Crippen molar-refractivity contribution >= 4 is 23.2 Å². The molecule has 2 heteroatoms. The molecule has 2 atom stereocenters. The molecule has 0 saturated heterocycles. The lowest BCUT2D eigenvalue weighted by Gasteiger charge is -2.20. The van der Waals surface area contributed by atoms with Crippen molar-refractivity contribution in [2.45, 2.75) is 26.3 Å². The largest absolute Gasteiger partial charge is 0.324 e. The van der Waals surface area contributed by atoms with Crippen molar-refractivity contribution in [1.82, 2.24) is 0 Å². The third-order valence-electron chi connectivity index (χ3n) is 3.44. The Morgan fingerprint density at radius 1 is 1.06 bits per heavy atom. The molecule has 17 heavy (non-hydrogen) atoms. The topological polar surface area (TPSA) is 26.0 Å². The Morgan fingerprint density at radius 2 is 1.71 bits per heavy atom. The van der Waals surface area contributed by atoms with Gasteiger partial charge in [0.25, 0.3) is 0 Å². The molecule has 0 aromatic heterocycles. The lowest BCUT2D eigenvalue weighted by Crippen LogP contribution is -2.18. The van der Waals surface area contributed by atoms with E-state index in [0.29, 0.717) is 5.92 Å². The maximum Gasteiger partial charge on any atom is 0.0326 e. The second-order valence-electron chi connectivity index (χ2n) is 4.48. The lowest BCUT2D eigenvalue weighted by molar-refractivity contribution is 0.459. The Labute approximate surface area is 109 Å². The van der Waals surface area contributed by atoms with Gasteiger partial charge in [-0.05, 0) is 22.3 Å². The van der Waals surface area contributed by atoms with Crippen LogP contribution < -0.4 is 5.73 Å². The summed E-state index contributed by atoms with van der Waals surface area (Å²) in [6.07, 6.45) is 1.12. The Kier molecular flexibility index (Phi) is 4.98. The summed E-state index contributed by atoms with van der Waals surface area (Å²) in [4.78, 5) is 0. The standard InChI is InChI=1S/C15H19N.ClH/c1-3-11(2)15(16)14-10-6-8-12-7-4-5-9-13(12)14;/h4-11,15H,3,16H2,1-2H3;1H/t11?,15-;/m1./s1. The van der Waals surface area contributed by atoms with E-state index in [-0.39, 0.29) is 18.4 Å². The Hall–Kier alpha value is -1.05. The molecule has 0 amide bonds. The maximum atomic E-state index is 6.32. The number of hydrogen-bond donors (Lipinski definition) is 1. The zero-order valence-corrected chi connectivity index (χ0v) is 11.2. The fourth-order valence-electron chi connectivity index (χ4n) is 2.10. The second-order valence-corrected chi connectivity index (χ2v) is 4.48. The molecule has 2 N–H and O–H groups in total. The molecule has 0 heterocycles. The quantitative estimate of drug-likeness (QED) is 0.862. The van der Waals surface area contributed by atoms with Crippen LogP contribution >= 0.6 is 12.4 Å². The molecule has 1 nitrogen and oxygen atoms in total. The highest BCUT2D eigenvalue weighted by Gasteiger charge is 2.14. The summed E-state index contributed by atoms with van der Waals surface area (Å²) in [6.45, 7) is 4.40. The van der Waals surface area contributed by atoms with Gasteiger partial charge in [0.05, 0.1) is 0 Å². The summed E-state index contributed by atoms with van der Waals surface area (Å²) < 4.78 is 0. The molecular weight excluding hydrogens is 230 g/mol. The van der Waals surface area contributed by atoms with Crippen molar-refractivity contribution in [3.8, 4) is 0 Å². The third kappa shape index (κ3) is 2.80. The first-order valence-corrected chi connectivity index (χ1v) is 5.97. The van der Waals surface area contributed by atoms with E-state index in [0.717, 1.165) is 6.42 Å². The van der Waals surface area contributed by atoms with Crippen molar-refractivity contribution in [2.75, 3.05) is 0 Å². The van der Waals surface area contributed by atoms with Gasteiger partial charge in [-0.25, -0.2) is 0 Å². The molecular formula is C15H20ClN. The number of nitrogens with two attached hydrogens (primary N) is 1. The molecule has 0 aliphatic rings. The van der Waals surface area contributed by atoms with Gasteiger partial charge in [-0.2, -0.15) is 0 Å². The smallest absolute Gasteiger partial charge is 0.0326 e. The number of rotatable bonds is 3. The minimum Gasteiger partial charge on any atom is -0.324 e. The van der Waals surface area contributed by atoms with Gasteiger partial charge in [-0.15, -0.1) is 12.4 Å². The van der Waals surface area contributed by atoms with Crippen LogP contribution in [0.1, 0.15) is 31.9 Å². The van der Waals surface area contributed by atoms with E-state index in [1.54, 1.807) is 0 Å². The summed E-state index contributed by atoms with van der Waals surface area (Å²) in [5, 5.41) is 2.57. The number of benzene rings is 2. The molecule has 2 aromatic carbocycles. The Bertz CT molecular complexity index is 476. The SMILES string of the molecule is CCC(C)[C@@H](N)c1cccc2ccccc12.Cl. The Balaban J connectivity index is 0.00000144. The molecule has 0 saturated carbocycles. The summed E-state index contributed by atoms with van der Waals surface area (Å²) in [6, 6.07) is 15.0. The van der Waals surface area contributed by atoms with Gasteiger partial charge in [0.2, 0.25) is 0 Å². The van der Waals surface area contributed by atoms with Crippen LogP contribution in [0.4, 0.5) is 0 Å². The second kappa shape index (κ2) is 6.04. The summed E-state index contributed by atoms with van der Waals surface area (Å²) in [5.41, 5.74) is 7.59. The van der Waals surface area contributed by atoms with Gasteiger partial charge in [0, 0.05) is 6.04 Å². The highest BCUT2D eigenvalue weighted by Crippen LogP contribution is 2.28. The van der Waals surface area contributed by atoms with Crippen LogP contribution in [0.25, 0.3) is 10.8 Å². The fraction of sp³-hybridized carbons (Fsp3) is 0.333. The molecule has 2 aromatic rings. The number of hydrogen-bond acceptors (Lipinski definition) is 1. The minimum absolute atomic E-state index is 0. The summed E-state index contributed by atoms with van der Waals surface area (Å²) in [5.74, 6) is 0.519. The van der Waals surface area contributed by atoms with Gasteiger partial charge in [-0.1, -0.05) is 62.7 Å². The molecule has 0 aliphatic carbocycles. The molecule has 0 radical (unpaired) electrons. The third-order valence-corrected chi connectivity index (χ3v) is 3.44. The highest BCUT2D eigenvalue weighted by atomic mass is 35.5. The first-order valence-electron chi connectivity index (χ1n) is 5.97. The van der Waals surface area contributed by atoms with E-state index in [2.05, 4.69) is 56.3 Å². The van der Waals surface area contributed by atoms with Crippen LogP contribution in [0, 0.1) is 5.92 Å². The molecule has 0 fully saturated rings. The van der Waals surface area contributed by atoms with Crippen molar-refractivity contribution in [3.05, 3.63) is 48.0 Å². The Morgan fingerprint density at radius 3 is 2.41 bits per heavy atom. The van der Waals surface area contributed by atoms with Crippen molar-refractivity contribution in [2.24, 2.45) is 11.7 Å². The summed E-state index contributed by atoms with van der Waals surface area (Å²) >= 11 is 0. The molecule has 0 aliphatic heterocycles. The van der Waals surface area contributed by atoms with E-state index in [4.69, 9.17) is 5.73 Å². The zero-order chi connectivity index (χ0) is 11.5. The fourth-order valence-corrected chi connectivity index (χ4v) is 2.10. The van der Waals surface area contributed by atoms with Gasteiger partial charge in [0.15, 0.2) is 0 Å². The lowest BCUT2D eigenvalue weighted by atomic mass is 9.90. The van der Waals surface area contributed by atoms with Crippen LogP contribution in [0.2, 0.25) is 0 Å². The monoisotopic (exact) mass is 249 g/mol. The van der Waals surface area contributed by atoms with Crippen molar-refractivity contribution in [1.29, 1.82) is 0 Å². The van der Waals surface area contributed by atoms with E-state index in [1.165, 1.54) is 16.3 Å². The van der Waals surface area contributed by atoms with Crippen LogP contribution in [-0.2, 0) is 0 Å². The number of fused-ring (bicyclic) bond motifs is 1. The van der Waals surface area contributed by atoms with Gasteiger partial charge < -0.3 is 5.73 Å². The van der Waals surface area contributed by atoms with Crippen LogP contribution in [-0.4, -0.2) is 0 Å². The average Bonchev–Trinajstić information content (AvgIpc) is 2.36. The molecule has 0 spiro atoms. The van der Waals surface area contributed by atoms with E-state index in [1.807, 2.05) is 0 Å². The van der Waals surface area contributed by atoms with Crippen LogP contribution in [0.3, 0.4) is 0 Å². The molecule has 0 bridgehead atoms. The van der Waals surface area contributed by atoms with E-state index < -0.39 is 0 Å². The molecule has 2 rings (SSSR count). The van der Waals surface area contributed by atoms with Gasteiger partial charge in [-0.3, -0.25) is 0 Å². The van der Waals surface area contributed by atoms with Crippen LogP contribution in [0.5, 0.6) is 0 Å². The molecule has 1 unspecified atom stereocenters.